The van der Waals surface area contributed by atoms with Gasteiger partial charge in [0.25, 0.3) is 0 Å². The Morgan fingerprint density at radius 3 is 2.73 bits per heavy atom. The van der Waals surface area contributed by atoms with Gasteiger partial charge in [-0.1, -0.05) is 20.8 Å². The van der Waals surface area contributed by atoms with Crippen molar-refractivity contribution in [1.29, 1.82) is 0 Å². The van der Waals surface area contributed by atoms with Gasteiger partial charge in [0.15, 0.2) is 0 Å². The number of hydrogen-bond donors (Lipinski definition) is 0. The summed E-state index contributed by atoms with van der Waals surface area (Å²) in [6, 6.07) is 0.884. The Morgan fingerprint density at radius 1 is 1.45 bits per heavy atom. The minimum atomic E-state index is 0.851. The molecule has 0 amide bonds. The summed E-state index contributed by atoms with van der Waals surface area (Å²) in [4.78, 5) is 2.66. The first-order valence-electron chi connectivity index (χ1n) is 4.99. The summed E-state index contributed by atoms with van der Waals surface area (Å²) >= 11 is 0. The first-order valence-corrected chi connectivity index (χ1v) is 4.99. The van der Waals surface area contributed by atoms with Crippen LogP contribution in [-0.2, 0) is 0 Å². The first kappa shape index (κ1) is 9.05. The van der Waals surface area contributed by atoms with Crippen molar-refractivity contribution in [3.63, 3.8) is 0 Å². The summed E-state index contributed by atoms with van der Waals surface area (Å²) in [7, 11) is 0. The minimum Gasteiger partial charge on any atom is -0.300 e. The standard InChI is InChI=1S/C10H21N/c1-4-7-11-8-5-6-10(11)9(2)3/h9-10H,4-8H2,1-3H3/t10-/m1/s1. The van der Waals surface area contributed by atoms with E-state index in [2.05, 4.69) is 25.7 Å². The lowest BCUT2D eigenvalue weighted by Crippen LogP contribution is -2.33. The van der Waals surface area contributed by atoms with Crippen molar-refractivity contribution in [3.05, 3.63) is 0 Å². The second kappa shape index (κ2) is 4.10. The van der Waals surface area contributed by atoms with Gasteiger partial charge in [-0.3, -0.25) is 0 Å². The van der Waals surface area contributed by atoms with E-state index in [-0.39, 0.29) is 0 Å². The number of nitrogens with zero attached hydrogens (tertiary/aromatic N) is 1. The van der Waals surface area contributed by atoms with E-state index in [4.69, 9.17) is 0 Å². The van der Waals surface area contributed by atoms with E-state index in [1.165, 1.54) is 32.4 Å². The van der Waals surface area contributed by atoms with Gasteiger partial charge in [0, 0.05) is 6.04 Å². The molecule has 1 aliphatic rings. The molecule has 0 aliphatic carbocycles. The third-order valence-corrected chi connectivity index (χ3v) is 2.69. The van der Waals surface area contributed by atoms with Crippen LogP contribution in [0.3, 0.4) is 0 Å². The van der Waals surface area contributed by atoms with Gasteiger partial charge in [-0.15, -0.1) is 0 Å². The molecule has 11 heavy (non-hydrogen) atoms. The Hall–Kier alpha value is -0.0400. The molecule has 1 saturated heterocycles. The summed E-state index contributed by atoms with van der Waals surface area (Å²) in [5, 5.41) is 0. The predicted molar refractivity (Wildman–Crippen MR) is 49.7 cm³/mol. The van der Waals surface area contributed by atoms with Crippen molar-refractivity contribution >= 4 is 0 Å². The van der Waals surface area contributed by atoms with Crippen LogP contribution in [-0.4, -0.2) is 24.0 Å². The number of rotatable bonds is 3. The molecule has 0 unspecified atom stereocenters. The van der Waals surface area contributed by atoms with Crippen LogP contribution in [0.15, 0.2) is 0 Å². The number of likely N-dealkylation sites (tertiary alicyclic amines) is 1. The molecule has 1 atom stereocenters. The van der Waals surface area contributed by atoms with Crippen molar-refractivity contribution in [3.8, 4) is 0 Å². The van der Waals surface area contributed by atoms with Gasteiger partial charge in [0.05, 0.1) is 0 Å². The van der Waals surface area contributed by atoms with Crippen LogP contribution in [0.25, 0.3) is 0 Å². The van der Waals surface area contributed by atoms with Crippen molar-refractivity contribution in [2.24, 2.45) is 5.92 Å². The SMILES string of the molecule is CCCN1CCC[C@@H]1C(C)C. The molecular weight excluding hydrogens is 134 g/mol. The van der Waals surface area contributed by atoms with Gasteiger partial charge in [0.1, 0.15) is 0 Å². The molecule has 66 valence electrons. The molecule has 0 N–H and O–H groups in total. The largest absolute Gasteiger partial charge is 0.300 e. The third-order valence-electron chi connectivity index (χ3n) is 2.69. The summed E-state index contributed by atoms with van der Waals surface area (Å²) in [5.41, 5.74) is 0. The van der Waals surface area contributed by atoms with E-state index in [0.29, 0.717) is 0 Å². The van der Waals surface area contributed by atoms with Gasteiger partial charge in [-0.05, 0) is 38.3 Å². The predicted octanol–water partition coefficient (Wildman–Crippen LogP) is 2.52. The van der Waals surface area contributed by atoms with Gasteiger partial charge in [-0.2, -0.15) is 0 Å². The van der Waals surface area contributed by atoms with Crippen LogP contribution in [0, 0.1) is 5.92 Å². The average Bonchev–Trinajstić information content (AvgIpc) is 2.36. The Balaban J connectivity index is 2.37. The van der Waals surface area contributed by atoms with Gasteiger partial charge in [-0.25, -0.2) is 0 Å². The zero-order valence-electron chi connectivity index (χ0n) is 8.14. The third kappa shape index (κ3) is 2.19. The van der Waals surface area contributed by atoms with Crippen LogP contribution in [0.1, 0.15) is 40.0 Å². The fourth-order valence-electron chi connectivity index (χ4n) is 2.17. The summed E-state index contributed by atoms with van der Waals surface area (Å²) in [6.07, 6.45) is 4.16. The highest BCUT2D eigenvalue weighted by molar-refractivity contribution is 4.80. The van der Waals surface area contributed by atoms with Crippen LogP contribution in [0.5, 0.6) is 0 Å². The Kier molecular flexibility index (Phi) is 3.38. The maximum absolute atomic E-state index is 2.66. The van der Waals surface area contributed by atoms with Crippen molar-refractivity contribution in [1.82, 2.24) is 4.90 Å². The fraction of sp³-hybridized carbons (Fsp3) is 1.00. The van der Waals surface area contributed by atoms with Gasteiger partial charge in [0.2, 0.25) is 0 Å². The summed E-state index contributed by atoms with van der Waals surface area (Å²) in [6.45, 7) is 9.62. The second-order valence-corrected chi connectivity index (χ2v) is 3.99. The molecule has 0 radical (unpaired) electrons. The van der Waals surface area contributed by atoms with Crippen molar-refractivity contribution in [2.45, 2.75) is 46.1 Å². The quantitative estimate of drug-likeness (QED) is 0.605. The highest BCUT2D eigenvalue weighted by atomic mass is 15.2. The van der Waals surface area contributed by atoms with E-state index in [1.807, 2.05) is 0 Å². The minimum absolute atomic E-state index is 0.851. The smallest absolute Gasteiger partial charge is 0.0119 e. The number of hydrogen-bond acceptors (Lipinski definition) is 1. The molecule has 0 spiro atoms. The maximum atomic E-state index is 2.66. The molecule has 0 aromatic rings. The molecule has 1 fully saturated rings. The molecule has 1 rings (SSSR count). The van der Waals surface area contributed by atoms with Gasteiger partial charge < -0.3 is 4.90 Å². The maximum Gasteiger partial charge on any atom is 0.0119 e. The molecule has 0 bridgehead atoms. The molecule has 1 heteroatoms. The Labute approximate surface area is 70.8 Å². The average molecular weight is 155 g/mol. The molecule has 1 heterocycles. The lowest BCUT2D eigenvalue weighted by Gasteiger charge is -2.26. The fourth-order valence-corrected chi connectivity index (χ4v) is 2.17. The van der Waals surface area contributed by atoms with Crippen LogP contribution in [0.4, 0.5) is 0 Å². The lowest BCUT2D eigenvalue weighted by atomic mass is 10.0. The van der Waals surface area contributed by atoms with E-state index in [0.717, 1.165) is 12.0 Å². The van der Waals surface area contributed by atoms with Crippen molar-refractivity contribution in [2.75, 3.05) is 13.1 Å². The van der Waals surface area contributed by atoms with Crippen LogP contribution >= 0.6 is 0 Å². The Bertz CT molecular complexity index is 109. The lowest BCUT2D eigenvalue weighted by molar-refractivity contribution is 0.207. The monoisotopic (exact) mass is 155 g/mol. The summed E-state index contributed by atoms with van der Waals surface area (Å²) in [5.74, 6) is 0.851. The van der Waals surface area contributed by atoms with Crippen LogP contribution in [0.2, 0.25) is 0 Å². The Morgan fingerprint density at radius 2 is 2.18 bits per heavy atom. The highest BCUT2D eigenvalue weighted by Gasteiger charge is 2.25. The van der Waals surface area contributed by atoms with E-state index < -0.39 is 0 Å². The van der Waals surface area contributed by atoms with E-state index in [1.54, 1.807) is 0 Å². The zero-order chi connectivity index (χ0) is 8.27. The molecule has 1 nitrogen and oxygen atoms in total. The molecule has 0 aromatic heterocycles. The molecule has 0 saturated carbocycles. The van der Waals surface area contributed by atoms with Gasteiger partial charge >= 0.3 is 0 Å². The topological polar surface area (TPSA) is 3.24 Å². The molecule has 0 aromatic carbocycles. The van der Waals surface area contributed by atoms with E-state index >= 15 is 0 Å². The van der Waals surface area contributed by atoms with E-state index in [9.17, 15) is 0 Å². The zero-order valence-corrected chi connectivity index (χ0v) is 8.14. The van der Waals surface area contributed by atoms with Crippen LogP contribution < -0.4 is 0 Å². The first-order chi connectivity index (χ1) is 5.25. The summed E-state index contributed by atoms with van der Waals surface area (Å²) < 4.78 is 0. The second-order valence-electron chi connectivity index (χ2n) is 3.99. The molecular formula is C10H21N. The normalized spacial score (nSPS) is 26.7. The highest BCUT2D eigenvalue weighted by Crippen LogP contribution is 2.23. The molecule has 1 aliphatic heterocycles. The van der Waals surface area contributed by atoms with Crippen molar-refractivity contribution < 1.29 is 0 Å².